The molecule has 0 aliphatic rings. The van der Waals surface area contributed by atoms with Crippen LogP contribution in [0, 0.1) is 5.82 Å². The predicted octanol–water partition coefficient (Wildman–Crippen LogP) is 1.27. The van der Waals surface area contributed by atoms with Crippen LogP contribution in [0.4, 0.5) is 4.39 Å². The summed E-state index contributed by atoms with van der Waals surface area (Å²) in [5.74, 6) is -1.51. The van der Waals surface area contributed by atoms with Gasteiger partial charge in [-0.05, 0) is 18.2 Å². The van der Waals surface area contributed by atoms with Crippen LogP contribution in [0.3, 0.4) is 0 Å². The van der Waals surface area contributed by atoms with Crippen LogP contribution in [0.15, 0.2) is 18.2 Å². The van der Waals surface area contributed by atoms with E-state index in [1.165, 1.54) is 12.1 Å². The first-order valence-electron chi connectivity index (χ1n) is 5.82. The van der Waals surface area contributed by atoms with Crippen LogP contribution < -0.4 is 5.32 Å². The fourth-order valence-corrected chi connectivity index (χ4v) is 1.61. The Morgan fingerprint density at radius 2 is 2.21 bits per heavy atom. The smallest absolute Gasteiger partial charge is 0.335 e. The summed E-state index contributed by atoms with van der Waals surface area (Å²) in [7, 11) is 3.14. The normalized spacial score (nSPS) is 12.4. The average Bonchev–Trinajstić information content (AvgIpc) is 2.39. The van der Waals surface area contributed by atoms with Gasteiger partial charge in [-0.1, -0.05) is 0 Å². The van der Waals surface area contributed by atoms with Crippen molar-refractivity contribution < 1.29 is 23.8 Å². The Hall–Kier alpha value is -1.50. The first kappa shape index (κ1) is 15.6. The van der Waals surface area contributed by atoms with Crippen molar-refractivity contribution in [3.8, 4) is 0 Å². The maximum absolute atomic E-state index is 13.5. The van der Waals surface area contributed by atoms with Crippen LogP contribution in [-0.2, 0) is 16.0 Å². The number of hydrogen-bond donors (Lipinski definition) is 2. The van der Waals surface area contributed by atoms with Gasteiger partial charge in [-0.15, -0.1) is 0 Å². The summed E-state index contributed by atoms with van der Waals surface area (Å²) in [5.41, 5.74) is 0.380. The van der Waals surface area contributed by atoms with Crippen molar-refractivity contribution in [1.29, 1.82) is 0 Å². The number of benzene rings is 1. The van der Waals surface area contributed by atoms with E-state index in [2.05, 4.69) is 5.32 Å². The number of ether oxygens (including phenoxy) is 2. The molecule has 0 radical (unpaired) electrons. The van der Waals surface area contributed by atoms with Gasteiger partial charge in [0.2, 0.25) is 0 Å². The van der Waals surface area contributed by atoms with Gasteiger partial charge in [0, 0.05) is 32.9 Å². The summed E-state index contributed by atoms with van der Waals surface area (Å²) in [6.45, 7) is 1.15. The fraction of sp³-hybridized carbons (Fsp3) is 0.462. The van der Waals surface area contributed by atoms with E-state index in [1.54, 1.807) is 14.2 Å². The molecule has 1 aromatic rings. The molecule has 1 aromatic carbocycles. The van der Waals surface area contributed by atoms with E-state index in [9.17, 15) is 9.18 Å². The highest BCUT2D eigenvalue weighted by Gasteiger charge is 2.10. The highest BCUT2D eigenvalue weighted by molar-refractivity contribution is 5.87. The number of carboxylic acid groups (broad SMARTS) is 1. The highest BCUT2D eigenvalue weighted by atomic mass is 19.1. The number of hydrogen-bond acceptors (Lipinski definition) is 4. The minimum Gasteiger partial charge on any atom is -0.478 e. The van der Waals surface area contributed by atoms with Crippen molar-refractivity contribution in [2.75, 3.05) is 27.4 Å². The molecule has 0 aromatic heterocycles. The Balaban J connectivity index is 2.57. The van der Waals surface area contributed by atoms with Crippen LogP contribution in [0.1, 0.15) is 15.9 Å². The third-order valence-electron chi connectivity index (χ3n) is 2.67. The van der Waals surface area contributed by atoms with E-state index in [0.717, 1.165) is 6.07 Å². The van der Waals surface area contributed by atoms with Crippen molar-refractivity contribution in [1.82, 2.24) is 5.32 Å². The number of nitrogens with one attached hydrogen (secondary N) is 1. The van der Waals surface area contributed by atoms with E-state index in [4.69, 9.17) is 14.6 Å². The Kier molecular flexibility index (Phi) is 6.41. The number of methoxy groups -OCH3 is 2. The molecular formula is C13H18FNO4. The summed E-state index contributed by atoms with van der Waals surface area (Å²) in [5, 5.41) is 11.8. The third kappa shape index (κ3) is 4.94. The third-order valence-corrected chi connectivity index (χ3v) is 2.67. The Morgan fingerprint density at radius 1 is 1.47 bits per heavy atom. The van der Waals surface area contributed by atoms with E-state index in [0.29, 0.717) is 18.7 Å². The zero-order chi connectivity index (χ0) is 14.3. The summed E-state index contributed by atoms with van der Waals surface area (Å²) in [6, 6.07) is 3.72. The topological polar surface area (TPSA) is 67.8 Å². The standard InChI is InChI=1S/C13H18FNO4/c1-18-8-11(19-2)7-15-6-10-5-9(13(16)17)3-4-12(10)14/h3-5,11,15H,6-8H2,1-2H3,(H,16,17). The average molecular weight is 271 g/mol. The molecule has 0 saturated heterocycles. The summed E-state index contributed by atoms with van der Waals surface area (Å²) in [6.07, 6.45) is -0.129. The first-order valence-corrected chi connectivity index (χ1v) is 5.82. The molecule has 6 heteroatoms. The second-order valence-electron chi connectivity index (χ2n) is 4.06. The largest absolute Gasteiger partial charge is 0.478 e. The van der Waals surface area contributed by atoms with Gasteiger partial charge in [-0.2, -0.15) is 0 Å². The zero-order valence-electron chi connectivity index (χ0n) is 11.0. The maximum Gasteiger partial charge on any atom is 0.335 e. The van der Waals surface area contributed by atoms with Gasteiger partial charge in [0.05, 0.1) is 18.3 Å². The Labute approximate surface area is 111 Å². The van der Waals surface area contributed by atoms with Gasteiger partial charge >= 0.3 is 5.97 Å². The Bertz CT molecular complexity index is 425. The van der Waals surface area contributed by atoms with Crippen LogP contribution >= 0.6 is 0 Å². The first-order chi connectivity index (χ1) is 9.08. The molecule has 2 N–H and O–H groups in total. The van der Waals surface area contributed by atoms with E-state index in [-0.39, 0.29) is 18.2 Å². The molecule has 1 atom stereocenters. The zero-order valence-corrected chi connectivity index (χ0v) is 11.0. The lowest BCUT2D eigenvalue weighted by Gasteiger charge is -2.15. The second-order valence-corrected chi connectivity index (χ2v) is 4.06. The highest BCUT2D eigenvalue weighted by Crippen LogP contribution is 2.10. The van der Waals surface area contributed by atoms with Crippen LogP contribution in [0.2, 0.25) is 0 Å². The number of aromatic carboxylic acids is 1. The van der Waals surface area contributed by atoms with Crippen molar-refractivity contribution in [2.45, 2.75) is 12.6 Å². The predicted molar refractivity (Wildman–Crippen MR) is 67.7 cm³/mol. The SMILES string of the molecule is COCC(CNCc1cc(C(=O)O)ccc1F)OC. The van der Waals surface area contributed by atoms with E-state index in [1.807, 2.05) is 0 Å². The number of halogens is 1. The molecule has 0 heterocycles. The van der Waals surface area contributed by atoms with Crippen molar-refractivity contribution in [3.63, 3.8) is 0 Å². The number of rotatable bonds is 8. The molecule has 0 amide bonds. The second kappa shape index (κ2) is 7.83. The van der Waals surface area contributed by atoms with Gasteiger partial charge in [0.1, 0.15) is 5.82 Å². The van der Waals surface area contributed by atoms with Gasteiger partial charge in [0.15, 0.2) is 0 Å². The van der Waals surface area contributed by atoms with Crippen LogP contribution in [0.25, 0.3) is 0 Å². The van der Waals surface area contributed by atoms with Gasteiger partial charge < -0.3 is 19.9 Å². The summed E-state index contributed by atoms with van der Waals surface area (Å²) < 4.78 is 23.6. The fourth-order valence-electron chi connectivity index (χ4n) is 1.61. The minimum absolute atomic E-state index is 0.0679. The molecule has 106 valence electrons. The lowest BCUT2D eigenvalue weighted by Crippen LogP contribution is -2.31. The maximum atomic E-state index is 13.5. The quantitative estimate of drug-likeness (QED) is 0.745. The van der Waals surface area contributed by atoms with E-state index >= 15 is 0 Å². The number of carboxylic acids is 1. The van der Waals surface area contributed by atoms with E-state index < -0.39 is 11.8 Å². The van der Waals surface area contributed by atoms with Crippen molar-refractivity contribution >= 4 is 5.97 Å². The molecule has 0 aliphatic heterocycles. The lowest BCUT2D eigenvalue weighted by atomic mass is 10.1. The molecule has 1 unspecified atom stereocenters. The molecular weight excluding hydrogens is 253 g/mol. The molecule has 5 nitrogen and oxygen atoms in total. The van der Waals surface area contributed by atoms with Crippen molar-refractivity contribution in [2.24, 2.45) is 0 Å². The molecule has 0 fully saturated rings. The Morgan fingerprint density at radius 3 is 2.79 bits per heavy atom. The molecule has 1 rings (SSSR count). The van der Waals surface area contributed by atoms with Gasteiger partial charge in [0.25, 0.3) is 0 Å². The number of carbonyl (C=O) groups is 1. The molecule has 0 aliphatic carbocycles. The molecule has 0 spiro atoms. The van der Waals surface area contributed by atoms with Gasteiger partial charge in [-0.25, -0.2) is 9.18 Å². The summed E-state index contributed by atoms with van der Waals surface area (Å²) >= 11 is 0. The molecule has 0 bridgehead atoms. The summed E-state index contributed by atoms with van der Waals surface area (Å²) in [4.78, 5) is 10.8. The van der Waals surface area contributed by atoms with Crippen LogP contribution in [0.5, 0.6) is 0 Å². The lowest BCUT2D eigenvalue weighted by molar-refractivity contribution is 0.0287. The monoisotopic (exact) mass is 271 g/mol. The van der Waals surface area contributed by atoms with Crippen molar-refractivity contribution in [3.05, 3.63) is 35.1 Å². The minimum atomic E-state index is -1.07. The molecule has 19 heavy (non-hydrogen) atoms. The molecule has 0 saturated carbocycles. The van der Waals surface area contributed by atoms with Crippen LogP contribution in [-0.4, -0.2) is 44.6 Å². The van der Waals surface area contributed by atoms with Gasteiger partial charge in [-0.3, -0.25) is 0 Å².